The van der Waals surface area contributed by atoms with Gasteiger partial charge in [-0.15, -0.1) is 11.6 Å². The number of rotatable bonds is 5. The van der Waals surface area contributed by atoms with Gasteiger partial charge in [0.15, 0.2) is 0 Å². The number of aryl methyl sites for hydroxylation is 2. The predicted octanol–water partition coefficient (Wildman–Crippen LogP) is 2.98. The Morgan fingerprint density at radius 3 is 2.76 bits per heavy atom. The third-order valence-electron chi connectivity index (χ3n) is 2.81. The van der Waals surface area contributed by atoms with E-state index in [9.17, 15) is 4.79 Å². The molecule has 0 spiro atoms. The van der Waals surface area contributed by atoms with Crippen LogP contribution >= 0.6 is 11.6 Å². The van der Waals surface area contributed by atoms with Crippen LogP contribution in [0, 0.1) is 13.8 Å². The average molecular weight is 254 g/mol. The molecule has 0 aliphatic carbocycles. The molecule has 0 aromatic heterocycles. The first-order valence-corrected chi connectivity index (χ1v) is 6.48. The van der Waals surface area contributed by atoms with E-state index >= 15 is 0 Å². The van der Waals surface area contributed by atoms with Crippen molar-refractivity contribution >= 4 is 17.5 Å². The van der Waals surface area contributed by atoms with Gasteiger partial charge in [0, 0.05) is 11.9 Å². The molecule has 0 aliphatic heterocycles. The van der Waals surface area contributed by atoms with E-state index in [0.717, 1.165) is 17.5 Å². The van der Waals surface area contributed by atoms with Crippen LogP contribution in [0.25, 0.3) is 0 Å². The molecule has 0 radical (unpaired) electrons. The van der Waals surface area contributed by atoms with Crippen molar-refractivity contribution in [1.29, 1.82) is 0 Å². The van der Waals surface area contributed by atoms with E-state index in [1.54, 1.807) is 0 Å². The van der Waals surface area contributed by atoms with Gasteiger partial charge in [0.05, 0.1) is 6.42 Å². The minimum absolute atomic E-state index is 0.0660. The summed E-state index contributed by atoms with van der Waals surface area (Å²) in [5, 5.41) is 2.95. The van der Waals surface area contributed by atoms with Crippen LogP contribution in [-0.4, -0.2) is 17.8 Å². The van der Waals surface area contributed by atoms with Crippen molar-refractivity contribution in [1.82, 2.24) is 5.32 Å². The number of carbonyl (C=O) groups is 1. The zero-order valence-corrected chi connectivity index (χ0v) is 11.5. The number of hydrogen-bond acceptors (Lipinski definition) is 1. The number of carbonyl (C=O) groups excluding carboxylic acids is 1. The molecule has 0 heterocycles. The van der Waals surface area contributed by atoms with Crippen LogP contribution in [0.3, 0.4) is 0 Å². The molecule has 0 saturated carbocycles. The summed E-state index contributed by atoms with van der Waals surface area (Å²) >= 11 is 5.63. The third-order valence-corrected chi connectivity index (χ3v) is 3.02. The molecule has 0 saturated heterocycles. The number of amides is 1. The summed E-state index contributed by atoms with van der Waals surface area (Å²) in [4.78, 5) is 11.8. The summed E-state index contributed by atoms with van der Waals surface area (Å²) < 4.78 is 0. The average Bonchev–Trinajstić information content (AvgIpc) is 2.23. The van der Waals surface area contributed by atoms with Gasteiger partial charge in [-0.05, 0) is 38.3 Å². The van der Waals surface area contributed by atoms with E-state index in [1.165, 1.54) is 5.56 Å². The lowest BCUT2D eigenvalue weighted by Crippen LogP contribution is -2.34. The Labute approximate surface area is 108 Å². The second kappa shape index (κ2) is 6.65. The summed E-state index contributed by atoms with van der Waals surface area (Å²) in [6, 6.07) is 6.33. The standard InChI is InChI=1S/C14H20ClNO/c1-10-4-5-11(2)13(8-10)9-14(17)16-12(3)6-7-15/h4-5,8,12H,6-7,9H2,1-3H3,(H,16,17). The van der Waals surface area contributed by atoms with Crippen molar-refractivity contribution in [3.63, 3.8) is 0 Å². The van der Waals surface area contributed by atoms with Crippen molar-refractivity contribution in [2.75, 3.05) is 5.88 Å². The Hall–Kier alpha value is -1.02. The summed E-state index contributed by atoms with van der Waals surface area (Å²) in [5.41, 5.74) is 3.45. The lowest BCUT2D eigenvalue weighted by Gasteiger charge is -2.13. The van der Waals surface area contributed by atoms with Crippen molar-refractivity contribution < 1.29 is 4.79 Å². The van der Waals surface area contributed by atoms with Gasteiger partial charge in [0.2, 0.25) is 5.91 Å². The van der Waals surface area contributed by atoms with Gasteiger partial charge in [-0.3, -0.25) is 4.79 Å². The molecular formula is C14H20ClNO. The molecule has 3 heteroatoms. The van der Waals surface area contributed by atoms with E-state index in [-0.39, 0.29) is 11.9 Å². The zero-order chi connectivity index (χ0) is 12.8. The van der Waals surface area contributed by atoms with Gasteiger partial charge in [-0.1, -0.05) is 23.8 Å². The molecule has 2 nitrogen and oxygen atoms in total. The van der Waals surface area contributed by atoms with E-state index < -0.39 is 0 Å². The molecule has 0 fully saturated rings. The fourth-order valence-corrected chi connectivity index (χ4v) is 2.05. The molecule has 1 aromatic carbocycles. The van der Waals surface area contributed by atoms with E-state index in [2.05, 4.69) is 23.5 Å². The first-order valence-electron chi connectivity index (χ1n) is 5.94. The van der Waals surface area contributed by atoms with Crippen molar-refractivity contribution in [3.8, 4) is 0 Å². The third kappa shape index (κ3) is 4.78. The molecule has 94 valence electrons. The fraction of sp³-hybridized carbons (Fsp3) is 0.500. The Bertz CT molecular complexity index is 390. The summed E-state index contributed by atoms with van der Waals surface area (Å²) in [6.07, 6.45) is 1.25. The molecule has 1 rings (SSSR count). The van der Waals surface area contributed by atoms with Crippen molar-refractivity contribution in [3.05, 3.63) is 34.9 Å². The number of hydrogen-bond donors (Lipinski definition) is 1. The van der Waals surface area contributed by atoms with Crippen LogP contribution in [0.5, 0.6) is 0 Å². The van der Waals surface area contributed by atoms with Gasteiger partial charge in [0.25, 0.3) is 0 Å². The number of alkyl halides is 1. The SMILES string of the molecule is Cc1ccc(C)c(CC(=O)NC(C)CCCl)c1. The van der Waals surface area contributed by atoms with Crippen LogP contribution < -0.4 is 5.32 Å². The van der Waals surface area contributed by atoms with Crippen LogP contribution in [0.2, 0.25) is 0 Å². The minimum atomic E-state index is 0.0660. The lowest BCUT2D eigenvalue weighted by atomic mass is 10.0. The molecule has 1 atom stereocenters. The Kier molecular flexibility index (Phi) is 5.49. The smallest absolute Gasteiger partial charge is 0.224 e. The fourth-order valence-electron chi connectivity index (χ4n) is 1.73. The molecule has 0 aliphatic rings. The van der Waals surface area contributed by atoms with Gasteiger partial charge in [0.1, 0.15) is 0 Å². The highest BCUT2D eigenvalue weighted by Crippen LogP contribution is 2.11. The van der Waals surface area contributed by atoms with Gasteiger partial charge in [-0.2, -0.15) is 0 Å². The first kappa shape index (κ1) is 14.0. The van der Waals surface area contributed by atoms with Gasteiger partial charge in [-0.25, -0.2) is 0 Å². The lowest BCUT2D eigenvalue weighted by molar-refractivity contribution is -0.121. The summed E-state index contributed by atoms with van der Waals surface area (Å²) in [7, 11) is 0. The second-order valence-electron chi connectivity index (χ2n) is 4.55. The first-order chi connectivity index (χ1) is 8.02. The highest BCUT2D eigenvalue weighted by molar-refractivity contribution is 6.17. The minimum Gasteiger partial charge on any atom is -0.353 e. The maximum Gasteiger partial charge on any atom is 0.224 e. The summed E-state index contributed by atoms with van der Waals surface area (Å²) in [6.45, 7) is 6.05. The second-order valence-corrected chi connectivity index (χ2v) is 4.93. The van der Waals surface area contributed by atoms with Crippen LogP contribution in [0.15, 0.2) is 18.2 Å². The molecular weight excluding hydrogens is 234 g/mol. The largest absolute Gasteiger partial charge is 0.353 e. The quantitative estimate of drug-likeness (QED) is 0.804. The molecule has 1 amide bonds. The highest BCUT2D eigenvalue weighted by atomic mass is 35.5. The molecule has 1 N–H and O–H groups in total. The maximum atomic E-state index is 11.8. The zero-order valence-electron chi connectivity index (χ0n) is 10.7. The maximum absolute atomic E-state index is 11.8. The Morgan fingerprint density at radius 2 is 2.12 bits per heavy atom. The number of benzene rings is 1. The van der Waals surface area contributed by atoms with E-state index in [4.69, 9.17) is 11.6 Å². The Balaban J connectivity index is 2.58. The topological polar surface area (TPSA) is 29.1 Å². The van der Waals surface area contributed by atoms with Crippen molar-refractivity contribution in [2.24, 2.45) is 0 Å². The van der Waals surface area contributed by atoms with Crippen LogP contribution in [0.4, 0.5) is 0 Å². The molecule has 1 aromatic rings. The van der Waals surface area contributed by atoms with E-state index in [0.29, 0.717) is 12.3 Å². The van der Waals surface area contributed by atoms with Gasteiger partial charge < -0.3 is 5.32 Å². The number of nitrogens with one attached hydrogen (secondary N) is 1. The summed E-state index contributed by atoms with van der Waals surface area (Å²) in [5.74, 6) is 0.640. The van der Waals surface area contributed by atoms with Gasteiger partial charge >= 0.3 is 0 Å². The van der Waals surface area contributed by atoms with Crippen LogP contribution in [-0.2, 0) is 11.2 Å². The Morgan fingerprint density at radius 1 is 1.41 bits per heavy atom. The molecule has 1 unspecified atom stereocenters. The van der Waals surface area contributed by atoms with E-state index in [1.807, 2.05) is 20.8 Å². The highest BCUT2D eigenvalue weighted by Gasteiger charge is 2.09. The predicted molar refractivity (Wildman–Crippen MR) is 72.6 cm³/mol. The molecule has 17 heavy (non-hydrogen) atoms. The monoisotopic (exact) mass is 253 g/mol. The number of halogens is 1. The van der Waals surface area contributed by atoms with Crippen LogP contribution in [0.1, 0.15) is 30.0 Å². The normalized spacial score (nSPS) is 12.2. The van der Waals surface area contributed by atoms with Crippen molar-refractivity contribution in [2.45, 2.75) is 39.7 Å². The molecule has 0 bridgehead atoms.